The predicted octanol–water partition coefficient (Wildman–Crippen LogP) is 3.59. The van der Waals surface area contributed by atoms with Gasteiger partial charge in [-0.3, -0.25) is 9.52 Å². The molecule has 2 heterocycles. The minimum absolute atomic E-state index is 0.171. The number of aromatic nitrogens is 3. The Balaban J connectivity index is 1.60. The molecule has 0 spiro atoms. The van der Waals surface area contributed by atoms with Gasteiger partial charge >= 0.3 is 0 Å². The Kier molecular flexibility index (Phi) is 5.27. The average molecular weight is 445 g/mol. The maximum Gasteiger partial charge on any atom is 0.261 e. The maximum absolute atomic E-state index is 14.8. The van der Waals surface area contributed by atoms with E-state index in [0.29, 0.717) is 23.4 Å². The van der Waals surface area contributed by atoms with E-state index in [1.807, 2.05) is 23.0 Å². The second-order valence-electron chi connectivity index (χ2n) is 6.82. The van der Waals surface area contributed by atoms with Crippen molar-refractivity contribution in [1.29, 1.82) is 0 Å². The highest BCUT2D eigenvalue weighted by atomic mass is 32.2. The number of allylic oxidation sites excluding steroid dienone is 4. The van der Waals surface area contributed by atoms with Crippen LogP contribution < -0.4 is 10.0 Å². The van der Waals surface area contributed by atoms with E-state index in [0.717, 1.165) is 17.7 Å². The van der Waals surface area contributed by atoms with Gasteiger partial charge in [-0.25, -0.2) is 27.2 Å². The molecule has 1 aromatic carbocycles. The lowest BCUT2D eigenvalue weighted by molar-refractivity contribution is 0.101. The van der Waals surface area contributed by atoms with Crippen LogP contribution in [0.25, 0.3) is 16.7 Å². The van der Waals surface area contributed by atoms with Crippen LogP contribution in [0.15, 0.2) is 42.6 Å². The standard InChI is InChI=1S/C20H17F2N5O3S/c1-2-8-31(29,30)27-14-7-6-13(21)16(17(14)22)20(28)24-12-9-15-19(23-10-12)26-18(25-15)11-4-3-5-11/h3-7,9-10,27H,2,8H2,1H3,(H,24,28)(H,23,25,26). The van der Waals surface area contributed by atoms with Crippen LogP contribution in [0.2, 0.25) is 0 Å². The molecule has 4 rings (SSSR count). The number of fused-ring (bicyclic) bond motifs is 1. The molecule has 8 nitrogen and oxygen atoms in total. The number of carbonyl (C=O) groups is 1. The van der Waals surface area contributed by atoms with E-state index in [9.17, 15) is 22.0 Å². The first-order valence-electron chi connectivity index (χ1n) is 9.32. The summed E-state index contributed by atoms with van der Waals surface area (Å²) in [5.74, 6) is -3.16. The smallest absolute Gasteiger partial charge is 0.261 e. The van der Waals surface area contributed by atoms with Crippen molar-refractivity contribution in [2.24, 2.45) is 0 Å². The molecule has 31 heavy (non-hydrogen) atoms. The number of halogens is 2. The van der Waals surface area contributed by atoms with Crippen LogP contribution in [0.5, 0.6) is 0 Å². The van der Waals surface area contributed by atoms with Crippen LogP contribution in [0.4, 0.5) is 20.2 Å². The summed E-state index contributed by atoms with van der Waals surface area (Å²) < 4.78 is 54.9. The van der Waals surface area contributed by atoms with E-state index in [4.69, 9.17) is 0 Å². The molecule has 1 amide bonds. The Morgan fingerprint density at radius 3 is 2.71 bits per heavy atom. The normalized spacial score (nSPS) is 13.1. The average Bonchev–Trinajstić information content (AvgIpc) is 3.05. The van der Waals surface area contributed by atoms with Crippen molar-refractivity contribution in [3.05, 3.63) is 65.6 Å². The van der Waals surface area contributed by atoms with Crippen LogP contribution in [0.1, 0.15) is 29.5 Å². The molecule has 2 aromatic heterocycles. The van der Waals surface area contributed by atoms with Crippen molar-refractivity contribution in [2.45, 2.75) is 13.3 Å². The minimum atomic E-state index is -3.82. The monoisotopic (exact) mass is 445 g/mol. The molecule has 3 aromatic rings. The third-order valence-electron chi connectivity index (χ3n) is 4.48. The number of hydrogen-bond donors (Lipinski definition) is 3. The number of anilines is 2. The van der Waals surface area contributed by atoms with Gasteiger partial charge in [0.05, 0.1) is 23.3 Å². The maximum atomic E-state index is 14.8. The lowest BCUT2D eigenvalue weighted by Gasteiger charge is -2.12. The third-order valence-corrected chi connectivity index (χ3v) is 5.95. The van der Waals surface area contributed by atoms with Crippen LogP contribution >= 0.6 is 0 Å². The van der Waals surface area contributed by atoms with Gasteiger partial charge < -0.3 is 10.3 Å². The van der Waals surface area contributed by atoms with Gasteiger partial charge in [0, 0.05) is 5.57 Å². The molecular weight excluding hydrogens is 428 g/mol. The van der Waals surface area contributed by atoms with Crippen LogP contribution in [-0.2, 0) is 10.0 Å². The summed E-state index contributed by atoms with van der Waals surface area (Å²) in [5.41, 5.74) is 0.589. The highest BCUT2D eigenvalue weighted by Gasteiger charge is 2.23. The van der Waals surface area contributed by atoms with Crippen molar-refractivity contribution in [3.8, 4) is 0 Å². The first-order chi connectivity index (χ1) is 14.8. The third kappa shape index (κ3) is 4.17. The van der Waals surface area contributed by atoms with Gasteiger partial charge in [-0.2, -0.15) is 0 Å². The number of H-pyrrole nitrogens is 1. The van der Waals surface area contributed by atoms with Gasteiger partial charge in [-0.05, 0) is 24.6 Å². The summed E-state index contributed by atoms with van der Waals surface area (Å²) in [6, 6.07) is 3.26. The minimum Gasteiger partial charge on any atom is -0.323 e. The van der Waals surface area contributed by atoms with Gasteiger partial charge in [0.2, 0.25) is 10.0 Å². The zero-order chi connectivity index (χ0) is 22.2. The summed E-state index contributed by atoms with van der Waals surface area (Å²) in [6.45, 7) is 1.64. The van der Waals surface area contributed by atoms with E-state index in [2.05, 4.69) is 20.3 Å². The highest BCUT2D eigenvalue weighted by Crippen LogP contribution is 2.25. The number of imidazole rings is 1. The Hall–Kier alpha value is -3.60. The summed E-state index contributed by atoms with van der Waals surface area (Å²) in [5, 5.41) is 2.37. The fourth-order valence-electron chi connectivity index (χ4n) is 2.97. The number of aromatic amines is 1. The molecular formula is C20H17F2N5O3S. The molecule has 0 bridgehead atoms. The number of carbonyl (C=O) groups excluding carboxylic acids is 1. The Labute approximate surface area is 176 Å². The van der Waals surface area contributed by atoms with E-state index in [1.54, 1.807) is 6.92 Å². The Bertz CT molecular complexity index is 1360. The summed E-state index contributed by atoms with van der Waals surface area (Å²) in [6.07, 6.45) is 7.22. The van der Waals surface area contributed by atoms with Crippen LogP contribution in [0.3, 0.4) is 0 Å². The summed E-state index contributed by atoms with van der Waals surface area (Å²) in [4.78, 5) is 24.1. The number of pyridine rings is 1. The van der Waals surface area contributed by atoms with Gasteiger partial charge in [-0.1, -0.05) is 25.2 Å². The molecule has 0 saturated heterocycles. The van der Waals surface area contributed by atoms with Gasteiger partial charge in [-0.15, -0.1) is 0 Å². The second-order valence-corrected chi connectivity index (χ2v) is 8.66. The zero-order valence-corrected chi connectivity index (χ0v) is 17.1. The molecule has 0 fully saturated rings. The molecule has 160 valence electrons. The van der Waals surface area contributed by atoms with Gasteiger partial charge in [0.15, 0.2) is 11.5 Å². The van der Waals surface area contributed by atoms with Gasteiger partial charge in [0.25, 0.3) is 5.91 Å². The first-order valence-corrected chi connectivity index (χ1v) is 11.0. The number of hydrogen-bond acceptors (Lipinski definition) is 5. The van der Waals surface area contributed by atoms with E-state index >= 15 is 0 Å². The molecule has 0 atom stereocenters. The Morgan fingerprint density at radius 1 is 1.26 bits per heavy atom. The number of amides is 1. The Morgan fingerprint density at radius 2 is 2.03 bits per heavy atom. The van der Waals surface area contributed by atoms with Crippen molar-refractivity contribution < 1.29 is 22.0 Å². The number of rotatable bonds is 7. The molecule has 0 radical (unpaired) electrons. The molecule has 0 unspecified atom stereocenters. The topological polar surface area (TPSA) is 117 Å². The molecule has 0 aliphatic heterocycles. The van der Waals surface area contributed by atoms with Crippen molar-refractivity contribution in [1.82, 2.24) is 15.0 Å². The van der Waals surface area contributed by atoms with Crippen molar-refractivity contribution in [2.75, 3.05) is 15.8 Å². The SMILES string of the molecule is CCCS(=O)(=O)Nc1ccc(F)c(C(=O)Nc2cnc3[nH]c(C4=CC=C4)nc3c2)c1F. The molecule has 1 aliphatic carbocycles. The quantitative estimate of drug-likeness (QED) is 0.514. The van der Waals surface area contributed by atoms with Crippen LogP contribution in [0, 0.1) is 11.6 Å². The second kappa shape index (κ2) is 7.91. The largest absolute Gasteiger partial charge is 0.323 e. The zero-order valence-electron chi connectivity index (χ0n) is 16.2. The van der Waals surface area contributed by atoms with Crippen molar-refractivity contribution >= 4 is 44.0 Å². The molecule has 3 N–H and O–H groups in total. The lowest BCUT2D eigenvalue weighted by Crippen LogP contribution is -2.20. The number of sulfonamides is 1. The number of nitrogens with one attached hydrogen (secondary N) is 3. The molecule has 1 aliphatic rings. The van der Waals surface area contributed by atoms with Crippen LogP contribution in [-0.4, -0.2) is 35.0 Å². The van der Waals surface area contributed by atoms with Crippen molar-refractivity contribution in [3.63, 3.8) is 0 Å². The van der Waals surface area contributed by atoms with Gasteiger partial charge in [0.1, 0.15) is 22.7 Å². The predicted molar refractivity (Wildman–Crippen MR) is 113 cm³/mol. The fraction of sp³-hybridized carbons (Fsp3) is 0.150. The highest BCUT2D eigenvalue weighted by molar-refractivity contribution is 7.92. The molecule has 11 heteroatoms. The van der Waals surface area contributed by atoms with E-state index < -0.39 is 38.8 Å². The fourth-order valence-corrected chi connectivity index (χ4v) is 4.10. The van der Waals surface area contributed by atoms with E-state index in [-0.39, 0.29) is 11.4 Å². The number of benzene rings is 1. The molecule has 0 saturated carbocycles. The first kappa shape index (κ1) is 20.7. The summed E-state index contributed by atoms with van der Waals surface area (Å²) in [7, 11) is -3.82. The summed E-state index contributed by atoms with van der Waals surface area (Å²) >= 11 is 0. The van der Waals surface area contributed by atoms with E-state index in [1.165, 1.54) is 12.3 Å². The number of nitrogens with zero attached hydrogens (tertiary/aromatic N) is 2. The lowest BCUT2D eigenvalue weighted by atomic mass is 10.1.